The Morgan fingerprint density at radius 3 is 2.41 bits per heavy atom. The van der Waals surface area contributed by atoms with Crippen molar-refractivity contribution < 1.29 is 43.3 Å². The van der Waals surface area contributed by atoms with Crippen LogP contribution >= 0.6 is 0 Å². The number of hydrogen-bond donors (Lipinski definition) is 1. The van der Waals surface area contributed by atoms with E-state index in [1.54, 1.807) is 6.92 Å². The van der Waals surface area contributed by atoms with Crippen molar-refractivity contribution in [2.45, 2.75) is 58.3 Å². The van der Waals surface area contributed by atoms with E-state index < -0.39 is 64.5 Å². The number of Topliss-reactive ketones (excluding diaryl/α,β-unsaturated/α-hetero) is 2. The van der Waals surface area contributed by atoms with Crippen LogP contribution in [0.1, 0.15) is 40.0 Å². The number of ether oxygens (including phenoxy) is 3. The first-order valence-corrected chi connectivity index (χ1v) is 11.2. The van der Waals surface area contributed by atoms with Crippen molar-refractivity contribution in [3.63, 3.8) is 0 Å². The lowest BCUT2D eigenvalue weighted by molar-refractivity contribution is -0.166. The highest BCUT2D eigenvalue weighted by Gasteiger charge is 2.74. The number of fused-ring (bicyclic) bond motifs is 2. The predicted molar refractivity (Wildman–Crippen MR) is 116 cm³/mol. The molecule has 4 aliphatic rings. The third kappa shape index (κ3) is 3.20. The molecule has 1 spiro atoms. The van der Waals surface area contributed by atoms with Crippen molar-refractivity contribution in [1.29, 1.82) is 0 Å². The molecule has 0 amide bonds. The first-order chi connectivity index (χ1) is 15.9. The summed E-state index contributed by atoms with van der Waals surface area (Å²) >= 11 is 0. The van der Waals surface area contributed by atoms with Gasteiger partial charge in [-0.2, -0.15) is 0 Å². The Kier molecular flexibility index (Phi) is 5.67. The molecule has 0 aromatic rings. The second-order valence-corrected chi connectivity index (χ2v) is 9.89. The van der Waals surface area contributed by atoms with Gasteiger partial charge >= 0.3 is 11.9 Å². The van der Waals surface area contributed by atoms with Crippen molar-refractivity contribution in [2.24, 2.45) is 22.7 Å². The molecule has 0 aromatic heterocycles. The lowest BCUT2D eigenvalue weighted by atomic mass is 9.50. The molecule has 0 unspecified atom stereocenters. The van der Waals surface area contributed by atoms with Gasteiger partial charge < -0.3 is 19.3 Å². The van der Waals surface area contributed by atoms with Crippen LogP contribution in [-0.4, -0.2) is 60.0 Å². The molecule has 4 rings (SSSR count). The maximum atomic E-state index is 14.1. The van der Waals surface area contributed by atoms with E-state index in [2.05, 4.69) is 13.2 Å². The molecule has 9 nitrogen and oxygen atoms in total. The number of ketones is 2. The van der Waals surface area contributed by atoms with E-state index in [1.165, 1.54) is 0 Å². The molecule has 9 heteroatoms. The zero-order valence-corrected chi connectivity index (χ0v) is 19.4. The molecule has 0 aromatic carbocycles. The molecule has 182 valence electrons. The van der Waals surface area contributed by atoms with Gasteiger partial charge in [0.2, 0.25) is 5.78 Å². The number of carbonyl (C=O) groups is 5. The topological polar surface area (TPSA) is 133 Å². The van der Waals surface area contributed by atoms with Crippen LogP contribution in [0.4, 0.5) is 0 Å². The summed E-state index contributed by atoms with van der Waals surface area (Å²) in [4.78, 5) is 62.8. The van der Waals surface area contributed by atoms with Crippen LogP contribution in [0.15, 0.2) is 35.5 Å². The number of rotatable bonds is 5. The Balaban J connectivity index is 1.94. The quantitative estimate of drug-likeness (QED) is 0.358. The maximum Gasteiger partial charge on any atom is 0.303 e. The summed E-state index contributed by atoms with van der Waals surface area (Å²) in [5.41, 5.74) is -1.18. The minimum absolute atomic E-state index is 0.0660. The molecule has 0 radical (unpaired) electrons. The van der Waals surface area contributed by atoms with E-state index in [4.69, 9.17) is 14.2 Å². The van der Waals surface area contributed by atoms with Crippen molar-refractivity contribution in [2.75, 3.05) is 6.61 Å². The number of esters is 2. The van der Waals surface area contributed by atoms with Gasteiger partial charge in [0.1, 0.15) is 6.10 Å². The van der Waals surface area contributed by atoms with Gasteiger partial charge in [-0.15, -0.1) is 0 Å². The Hall–Kier alpha value is -3.07. The fourth-order valence-electron chi connectivity index (χ4n) is 6.32. The lowest BCUT2D eigenvalue weighted by Gasteiger charge is -2.54. The van der Waals surface area contributed by atoms with Gasteiger partial charge in [-0.25, -0.2) is 0 Å². The first-order valence-electron chi connectivity index (χ1n) is 11.2. The number of carbonyl (C=O) groups excluding carboxylic acids is 5. The van der Waals surface area contributed by atoms with Crippen LogP contribution in [0, 0.1) is 22.7 Å². The molecule has 1 N–H and O–H groups in total. The summed E-state index contributed by atoms with van der Waals surface area (Å²) in [7, 11) is 0. The molecule has 0 aliphatic heterocycles. The number of aliphatic hydroxyl groups is 1. The Bertz CT molecular complexity index is 1070. The fourth-order valence-corrected chi connectivity index (χ4v) is 6.32. The number of allylic oxidation sites excluding steroid dienone is 1. The van der Waals surface area contributed by atoms with Crippen molar-refractivity contribution >= 4 is 30.0 Å². The molecule has 0 heterocycles. The molecular weight excluding hydrogens is 444 g/mol. The van der Waals surface area contributed by atoms with Gasteiger partial charge in [0, 0.05) is 42.2 Å². The number of aliphatic hydroxyl groups excluding tert-OH is 1. The summed E-state index contributed by atoms with van der Waals surface area (Å²) in [5, 5.41) is 11.4. The molecule has 4 aliphatic carbocycles. The smallest absolute Gasteiger partial charge is 0.303 e. The van der Waals surface area contributed by atoms with Gasteiger partial charge in [0.25, 0.3) is 6.47 Å². The van der Waals surface area contributed by atoms with Gasteiger partial charge in [0.15, 0.2) is 18.0 Å². The summed E-state index contributed by atoms with van der Waals surface area (Å²) in [6, 6.07) is 0. The van der Waals surface area contributed by atoms with Crippen LogP contribution in [-0.2, 0) is 38.2 Å². The highest BCUT2D eigenvalue weighted by molar-refractivity contribution is 6.20. The highest BCUT2D eigenvalue weighted by Crippen LogP contribution is 2.66. The van der Waals surface area contributed by atoms with E-state index in [9.17, 15) is 29.1 Å². The normalized spacial score (nSPS) is 38.8. The minimum atomic E-state index is -1.44. The minimum Gasteiger partial charge on any atom is -0.468 e. The van der Waals surface area contributed by atoms with Gasteiger partial charge in [-0.05, 0) is 24.8 Å². The predicted octanol–water partition coefficient (Wildman–Crippen LogP) is 1.38. The van der Waals surface area contributed by atoms with E-state index in [1.807, 2.05) is 0 Å². The molecule has 0 bridgehead atoms. The molecule has 0 saturated heterocycles. The maximum absolute atomic E-state index is 14.1. The summed E-state index contributed by atoms with van der Waals surface area (Å²) in [6.07, 6.45) is -3.09. The Morgan fingerprint density at radius 1 is 1.18 bits per heavy atom. The van der Waals surface area contributed by atoms with E-state index >= 15 is 0 Å². The second kappa shape index (κ2) is 8.01. The second-order valence-electron chi connectivity index (χ2n) is 9.89. The van der Waals surface area contributed by atoms with Crippen molar-refractivity contribution in [1.82, 2.24) is 0 Å². The zero-order chi connectivity index (χ0) is 25.2. The van der Waals surface area contributed by atoms with Gasteiger partial charge in [0.05, 0.1) is 12.0 Å². The highest BCUT2D eigenvalue weighted by atomic mass is 16.6. The van der Waals surface area contributed by atoms with Crippen molar-refractivity contribution in [3.05, 3.63) is 35.5 Å². The van der Waals surface area contributed by atoms with Gasteiger partial charge in [-0.1, -0.05) is 25.7 Å². The van der Waals surface area contributed by atoms with Crippen LogP contribution in [0.2, 0.25) is 0 Å². The average molecular weight is 472 g/mol. The SMILES string of the molecule is C=C1CC[C@]2(C)C3=C(C(=O)[C@@]4(C[C@@H]4COC=O)[C@H](OC(C)=O)C3=O)[C@H](OC(C)=O)[C@@H](O)[C@H]2C1=C. The van der Waals surface area contributed by atoms with E-state index in [0.717, 1.165) is 13.8 Å². The van der Waals surface area contributed by atoms with Crippen LogP contribution in [0.25, 0.3) is 0 Å². The lowest BCUT2D eigenvalue weighted by Crippen LogP contribution is -2.61. The standard InChI is InChI=1S/C25H28O9/c1-11-6-7-24(5)17(12(11)2)19(29)21(33-13(3)27)16-18(24)20(30)23(34-14(4)28)25(22(16)31)8-15(25)9-32-10-26/h10,15,17,19,21,23,29H,1-2,6-9H2,3-5H3/t15-,17-,19+,21+,23-,24+,25+/m1/s1. The molecular formula is C25H28O9. The zero-order valence-electron chi connectivity index (χ0n) is 19.4. The van der Waals surface area contributed by atoms with E-state index in [0.29, 0.717) is 24.0 Å². The van der Waals surface area contributed by atoms with Gasteiger partial charge in [-0.3, -0.25) is 24.0 Å². The average Bonchev–Trinajstić information content (AvgIpc) is 3.47. The largest absolute Gasteiger partial charge is 0.468 e. The van der Waals surface area contributed by atoms with Crippen LogP contribution in [0.5, 0.6) is 0 Å². The summed E-state index contributed by atoms with van der Waals surface area (Å²) in [6.45, 7) is 12.2. The summed E-state index contributed by atoms with van der Waals surface area (Å²) < 4.78 is 15.7. The molecule has 7 atom stereocenters. The first kappa shape index (κ1) is 24.1. The molecule has 34 heavy (non-hydrogen) atoms. The fraction of sp³-hybridized carbons (Fsp3) is 0.560. The van der Waals surface area contributed by atoms with E-state index in [-0.39, 0.29) is 30.6 Å². The van der Waals surface area contributed by atoms with Crippen LogP contribution in [0.3, 0.4) is 0 Å². The summed E-state index contributed by atoms with van der Waals surface area (Å²) in [5.74, 6) is -3.84. The van der Waals surface area contributed by atoms with Crippen LogP contribution < -0.4 is 0 Å². The third-order valence-electron chi connectivity index (χ3n) is 7.95. The Morgan fingerprint density at radius 2 is 1.82 bits per heavy atom. The third-order valence-corrected chi connectivity index (χ3v) is 7.95. The Labute approximate surface area is 196 Å². The van der Waals surface area contributed by atoms with Crippen molar-refractivity contribution in [3.8, 4) is 0 Å². The molecule has 2 saturated carbocycles. The number of hydrogen-bond acceptors (Lipinski definition) is 9. The monoisotopic (exact) mass is 472 g/mol. The molecule has 2 fully saturated rings.